The van der Waals surface area contributed by atoms with E-state index in [1.165, 1.54) is 34.3 Å². The molecule has 1 aliphatic rings. The van der Waals surface area contributed by atoms with E-state index in [0.29, 0.717) is 0 Å². The molecule has 0 spiro atoms. The summed E-state index contributed by atoms with van der Waals surface area (Å²) >= 11 is 5.56. The standard InChI is InChI=1S/C10H14BrNS/c1-7-6-13-10(9(7)11)8-3-2-4-12-5-8/h6,8,12H,2-5H2,1H3. The van der Waals surface area contributed by atoms with Crippen LogP contribution < -0.4 is 5.32 Å². The summed E-state index contributed by atoms with van der Waals surface area (Å²) in [6, 6.07) is 0. The molecule has 0 aliphatic carbocycles. The fourth-order valence-electron chi connectivity index (χ4n) is 1.80. The second-order valence-corrected chi connectivity index (χ2v) is 5.34. The van der Waals surface area contributed by atoms with Crippen LogP contribution in [0.2, 0.25) is 0 Å². The number of hydrogen-bond donors (Lipinski definition) is 1. The molecule has 0 amide bonds. The predicted molar refractivity (Wildman–Crippen MR) is 61.6 cm³/mol. The summed E-state index contributed by atoms with van der Waals surface area (Å²) in [7, 11) is 0. The molecule has 0 aromatic carbocycles. The van der Waals surface area contributed by atoms with Crippen molar-refractivity contribution in [1.82, 2.24) is 5.32 Å². The smallest absolute Gasteiger partial charge is 0.0346 e. The number of thiophene rings is 1. The molecule has 0 saturated carbocycles. The molecule has 2 rings (SSSR count). The van der Waals surface area contributed by atoms with Gasteiger partial charge in [0.1, 0.15) is 0 Å². The molecule has 1 atom stereocenters. The number of rotatable bonds is 1. The Balaban J connectivity index is 2.18. The van der Waals surface area contributed by atoms with Crippen LogP contribution in [0, 0.1) is 6.92 Å². The lowest BCUT2D eigenvalue weighted by molar-refractivity contribution is 0.465. The van der Waals surface area contributed by atoms with Crippen LogP contribution in [0.1, 0.15) is 29.2 Å². The van der Waals surface area contributed by atoms with Gasteiger partial charge in [0.15, 0.2) is 0 Å². The molecular formula is C10H14BrNS. The van der Waals surface area contributed by atoms with E-state index in [2.05, 4.69) is 33.6 Å². The van der Waals surface area contributed by atoms with Gasteiger partial charge in [-0.15, -0.1) is 11.3 Å². The third-order valence-electron chi connectivity index (χ3n) is 2.59. The molecular weight excluding hydrogens is 246 g/mol. The monoisotopic (exact) mass is 259 g/mol. The van der Waals surface area contributed by atoms with E-state index >= 15 is 0 Å². The lowest BCUT2D eigenvalue weighted by atomic mass is 9.98. The second kappa shape index (κ2) is 4.11. The summed E-state index contributed by atoms with van der Waals surface area (Å²) in [6.07, 6.45) is 2.65. The first-order chi connectivity index (χ1) is 6.29. The van der Waals surface area contributed by atoms with E-state index in [1.54, 1.807) is 0 Å². The maximum atomic E-state index is 3.67. The molecule has 1 aromatic heterocycles. The van der Waals surface area contributed by atoms with Gasteiger partial charge in [-0.2, -0.15) is 0 Å². The van der Waals surface area contributed by atoms with Crippen molar-refractivity contribution < 1.29 is 0 Å². The Morgan fingerprint density at radius 3 is 3.00 bits per heavy atom. The second-order valence-electron chi connectivity index (χ2n) is 3.64. The highest BCUT2D eigenvalue weighted by Gasteiger charge is 2.19. The number of piperidine rings is 1. The third kappa shape index (κ3) is 1.97. The van der Waals surface area contributed by atoms with Crippen molar-refractivity contribution in [2.24, 2.45) is 0 Å². The van der Waals surface area contributed by atoms with Crippen LogP contribution in [0.5, 0.6) is 0 Å². The van der Waals surface area contributed by atoms with Crippen LogP contribution in [0.25, 0.3) is 0 Å². The topological polar surface area (TPSA) is 12.0 Å². The van der Waals surface area contributed by atoms with Crippen molar-refractivity contribution >= 4 is 27.3 Å². The first-order valence-corrected chi connectivity index (χ1v) is 6.40. The fourth-order valence-corrected chi connectivity index (χ4v) is 3.75. The van der Waals surface area contributed by atoms with Crippen LogP contribution in [-0.4, -0.2) is 13.1 Å². The molecule has 2 heterocycles. The van der Waals surface area contributed by atoms with E-state index in [9.17, 15) is 0 Å². The molecule has 1 fully saturated rings. The highest BCUT2D eigenvalue weighted by atomic mass is 79.9. The zero-order chi connectivity index (χ0) is 9.26. The summed E-state index contributed by atoms with van der Waals surface area (Å²) in [5.74, 6) is 0.738. The van der Waals surface area contributed by atoms with Crippen molar-refractivity contribution in [1.29, 1.82) is 0 Å². The minimum Gasteiger partial charge on any atom is -0.316 e. The molecule has 3 heteroatoms. The third-order valence-corrected chi connectivity index (χ3v) is 5.17. The Labute approximate surface area is 91.7 Å². The van der Waals surface area contributed by atoms with Gasteiger partial charge in [-0.3, -0.25) is 0 Å². The summed E-state index contributed by atoms with van der Waals surface area (Å²) in [5.41, 5.74) is 1.38. The number of halogens is 1. The van der Waals surface area contributed by atoms with Crippen molar-refractivity contribution in [2.75, 3.05) is 13.1 Å². The Morgan fingerprint density at radius 1 is 1.62 bits per heavy atom. The van der Waals surface area contributed by atoms with Crippen molar-refractivity contribution in [2.45, 2.75) is 25.7 Å². The summed E-state index contributed by atoms with van der Waals surface area (Å²) in [5, 5.41) is 5.70. The van der Waals surface area contributed by atoms with Crippen molar-refractivity contribution in [3.05, 3.63) is 20.3 Å². The van der Waals surface area contributed by atoms with Gasteiger partial charge in [0.25, 0.3) is 0 Å². The van der Waals surface area contributed by atoms with Crippen molar-refractivity contribution in [3.63, 3.8) is 0 Å². The first-order valence-electron chi connectivity index (χ1n) is 4.73. The predicted octanol–water partition coefficient (Wildman–Crippen LogP) is 3.29. The first kappa shape index (κ1) is 9.69. The van der Waals surface area contributed by atoms with Crippen LogP contribution in [0.4, 0.5) is 0 Å². The van der Waals surface area contributed by atoms with Crippen LogP contribution >= 0.6 is 27.3 Å². The average Bonchev–Trinajstić information content (AvgIpc) is 2.49. The normalized spacial score (nSPS) is 23.4. The van der Waals surface area contributed by atoms with Crippen molar-refractivity contribution in [3.8, 4) is 0 Å². The highest BCUT2D eigenvalue weighted by molar-refractivity contribution is 9.10. The number of aryl methyl sites for hydroxylation is 1. The van der Waals surface area contributed by atoms with Gasteiger partial charge in [0, 0.05) is 21.8 Å². The van der Waals surface area contributed by atoms with E-state index in [1.807, 2.05) is 11.3 Å². The molecule has 1 saturated heterocycles. The SMILES string of the molecule is Cc1csc(C2CCCNC2)c1Br. The van der Waals surface area contributed by atoms with E-state index in [0.717, 1.165) is 12.5 Å². The Morgan fingerprint density at radius 2 is 2.46 bits per heavy atom. The fraction of sp³-hybridized carbons (Fsp3) is 0.600. The van der Waals surface area contributed by atoms with Gasteiger partial charge in [0.2, 0.25) is 0 Å². The maximum Gasteiger partial charge on any atom is 0.0346 e. The summed E-state index contributed by atoms with van der Waals surface area (Å²) in [6.45, 7) is 4.51. The molecule has 1 aromatic rings. The minimum absolute atomic E-state index is 0.738. The maximum absolute atomic E-state index is 3.67. The van der Waals surface area contributed by atoms with Crippen LogP contribution in [0.3, 0.4) is 0 Å². The minimum atomic E-state index is 0.738. The molecule has 13 heavy (non-hydrogen) atoms. The van der Waals surface area contributed by atoms with Gasteiger partial charge in [-0.05, 0) is 53.2 Å². The number of nitrogens with one attached hydrogen (secondary N) is 1. The van der Waals surface area contributed by atoms with Crippen LogP contribution in [-0.2, 0) is 0 Å². The van der Waals surface area contributed by atoms with E-state index < -0.39 is 0 Å². The van der Waals surface area contributed by atoms with Gasteiger partial charge >= 0.3 is 0 Å². The van der Waals surface area contributed by atoms with Crippen LogP contribution in [0.15, 0.2) is 9.85 Å². The Hall–Kier alpha value is 0.140. The molecule has 72 valence electrons. The Bertz CT molecular complexity index is 289. The molecule has 0 bridgehead atoms. The lowest BCUT2D eigenvalue weighted by Crippen LogP contribution is -2.28. The molecule has 0 radical (unpaired) electrons. The zero-order valence-electron chi connectivity index (χ0n) is 7.77. The largest absolute Gasteiger partial charge is 0.316 e. The molecule has 1 N–H and O–H groups in total. The Kier molecular flexibility index (Phi) is 3.06. The lowest BCUT2D eigenvalue weighted by Gasteiger charge is -2.22. The molecule has 1 unspecified atom stereocenters. The average molecular weight is 260 g/mol. The summed E-state index contributed by atoms with van der Waals surface area (Å²) < 4.78 is 1.34. The quantitative estimate of drug-likeness (QED) is 0.817. The van der Waals surface area contributed by atoms with Gasteiger partial charge in [-0.1, -0.05) is 0 Å². The number of hydrogen-bond acceptors (Lipinski definition) is 2. The van der Waals surface area contributed by atoms with E-state index in [-0.39, 0.29) is 0 Å². The van der Waals surface area contributed by atoms with Gasteiger partial charge < -0.3 is 5.32 Å². The molecule has 1 nitrogen and oxygen atoms in total. The zero-order valence-corrected chi connectivity index (χ0v) is 10.2. The van der Waals surface area contributed by atoms with Gasteiger partial charge in [0.05, 0.1) is 0 Å². The summed E-state index contributed by atoms with van der Waals surface area (Å²) in [4.78, 5) is 1.53. The highest BCUT2D eigenvalue weighted by Crippen LogP contribution is 2.36. The van der Waals surface area contributed by atoms with E-state index in [4.69, 9.17) is 0 Å². The van der Waals surface area contributed by atoms with Gasteiger partial charge in [-0.25, -0.2) is 0 Å². The molecule has 1 aliphatic heterocycles.